The number of carbonyl (C=O) groups excluding carboxylic acids is 5. The molecule has 2 aromatic rings. The highest BCUT2D eigenvalue weighted by molar-refractivity contribution is 6.23. The predicted octanol–water partition coefficient (Wildman–Crippen LogP) is 8.91. The minimum atomic E-state index is -2.72. The molecule has 16 heteroatoms. The minimum absolute atomic E-state index is 0. The van der Waals surface area contributed by atoms with Gasteiger partial charge in [0.25, 0.3) is 18.2 Å². The molecule has 2 atom stereocenters. The maximum Gasteiger partial charge on any atom is 0.264 e. The number of imide groups is 1. The maximum atomic E-state index is 15.0. The van der Waals surface area contributed by atoms with E-state index in [1.807, 2.05) is 59.6 Å². The number of anilines is 2. The number of nitrogens with zero attached hydrogens (tertiary/aromatic N) is 4. The molecule has 5 aliphatic heterocycles. The number of likely N-dealkylation sites (N-methyl/N-ethyl adjacent to an activating group) is 1. The van der Waals surface area contributed by atoms with Crippen LogP contribution in [0.5, 0.6) is 0 Å². The van der Waals surface area contributed by atoms with E-state index in [1.165, 1.54) is 5.57 Å². The van der Waals surface area contributed by atoms with E-state index in [4.69, 9.17) is 4.74 Å². The third kappa shape index (κ3) is 13.1. The van der Waals surface area contributed by atoms with E-state index in [2.05, 4.69) is 32.9 Å². The Balaban J connectivity index is 0.00000165. The van der Waals surface area contributed by atoms with Crippen LogP contribution in [-0.2, 0) is 25.5 Å². The van der Waals surface area contributed by atoms with Crippen molar-refractivity contribution in [1.29, 1.82) is 0 Å². The Kier molecular flexibility index (Phi) is 21.1. The highest BCUT2D eigenvalue weighted by Gasteiger charge is 2.44. The second kappa shape index (κ2) is 26.7. The molecule has 0 aromatic heterocycles. The van der Waals surface area contributed by atoms with Gasteiger partial charge in [-0.25, -0.2) is 14.2 Å². The summed E-state index contributed by atoms with van der Waals surface area (Å²) in [7, 11) is 1.91. The zero-order valence-electron chi connectivity index (χ0n) is 42.9. The molecule has 1 saturated carbocycles. The van der Waals surface area contributed by atoms with Crippen molar-refractivity contribution in [2.45, 2.75) is 131 Å². The van der Waals surface area contributed by atoms with Gasteiger partial charge < -0.3 is 30.2 Å². The fraction of sp³-hybridized carbons (Fsp3) is 0.574. The lowest BCUT2D eigenvalue weighted by Gasteiger charge is -2.43. The molecule has 2 unspecified atom stereocenters. The molecule has 388 valence electrons. The number of hydrogen-bond acceptors (Lipinski definition) is 11. The number of Topliss-reactive ketones (excluding diaryl/α,β-unsaturated/α-hetero) is 1. The summed E-state index contributed by atoms with van der Waals surface area (Å²) >= 11 is 0. The van der Waals surface area contributed by atoms with E-state index in [0.717, 1.165) is 79.0 Å². The molecule has 5 heterocycles. The summed E-state index contributed by atoms with van der Waals surface area (Å²) in [5.74, 6) is -0.781. The van der Waals surface area contributed by atoms with Crippen molar-refractivity contribution in [2.24, 2.45) is 5.92 Å². The highest BCUT2D eigenvalue weighted by Crippen LogP contribution is 2.41. The fourth-order valence-corrected chi connectivity index (χ4v) is 10.2. The van der Waals surface area contributed by atoms with Crippen LogP contribution in [0, 0.1) is 5.92 Å². The Morgan fingerprint density at radius 2 is 1.64 bits per heavy atom. The normalized spacial score (nSPS) is 19.6. The van der Waals surface area contributed by atoms with Crippen LogP contribution < -0.4 is 26.3 Å². The highest BCUT2D eigenvalue weighted by atomic mass is 19.3. The van der Waals surface area contributed by atoms with Crippen molar-refractivity contribution in [3.63, 3.8) is 0 Å². The zero-order chi connectivity index (χ0) is 51.1. The van der Waals surface area contributed by atoms with Crippen molar-refractivity contribution in [2.75, 3.05) is 76.3 Å². The number of benzene rings is 2. The first-order chi connectivity index (χ1) is 33.9. The molecule has 1 saturated heterocycles. The Labute approximate surface area is 417 Å². The van der Waals surface area contributed by atoms with E-state index in [9.17, 15) is 24.0 Å². The molecule has 8 rings (SSSR count). The van der Waals surface area contributed by atoms with Crippen LogP contribution in [-0.4, -0.2) is 123 Å². The largest absolute Gasteiger partial charge is 0.385 e. The van der Waals surface area contributed by atoms with Crippen LogP contribution in [0.15, 0.2) is 59.8 Å². The lowest BCUT2D eigenvalue weighted by Crippen LogP contribution is -2.52. The second-order valence-electron chi connectivity index (χ2n) is 17.9. The summed E-state index contributed by atoms with van der Waals surface area (Å²) in [5.41, 5.74) is 10.5. The molecule has 2 aromatic carbocycles. The van der Waals surface area contributed by atoms with Crippen molar-refractivity contribution in [3.8, 4) is 0 Å². The third-order valence-corrected chi connectivity index (χ3v) is 13.6. The first-order valence-corrected chi connectivity index (χ1v) is 25.8. The van der Waals surface area contributed by atoms with Crippen molar-refractivity contribution < 1.29 is 40.3 Å². The molecule has 4 N–H and O–H groups in total. The van der Waals surface area contributed by atoms with Crippen LogP contribution in [0.2, 0.25) is 0 Å². The number of allylic oxidation sites excluding steroid dienone is 1. The average molecular weight is 977 g/mol. The number of carbonyl (C=O) groups is 5. The summed E-state index contributed by atoms with van der Waals surface area (Å²) in [6.07, 6.45) is 5.84. The number of amides is 4. The Bertz CT molecular complexity index is 2270. The molecule has 0 spiro atoms. The lowest BCUT2D eigenvalue weighted by atomic mass is 9.85. The van der Waals surface area contributed by atoms with E-state index in [-0.39, 0.29) is 56.3 Å². The lowest BCUT2D eigenvalue weighted by molar-refractivity contribution is -0.128. The van der Waals surface area contributed by atoms with Gasteiger partial charge in [-0.3, -0.25) is 34.2 Å². The van der Waals surface area contributed by atoms with Gasteiger partial charge in [-0.05, 0) is 123 Å². The average Bonchev–Trinajstić information content (AvgIpc) is 3.94. The number of aryl methyl sites for hydroxylation is 1. The van der Waals surface area contributed by atoms with E-state index < -0.39 is 24.3 Å². The molecule has 70 heavy (non-hydrogen) atoms. The summed E-state index contributed by atoms with van der Waals surface area (Å²) in [6, 6.07) is 7.74. The topological polar surface area (TPSA) is 156 Å². The number of ketones is 1. The first-order valence-electron chi connectivity index (χ1n) is 25.8. The monoisotopic (exact) mass is 977 g/mol. The molecule has 0 radical (unpaired) electrons. The molecule has 0 bridgehead atoms. The van der Waals surface area contributed by atoms with Crippen LogP contribution in [0.25, 0.3) is 5.57 Å². The van der Waals surface area contributed by atoms with Gasteiger partial charge in [0.15, 0.2) is 5.78 Å². The molecular weight excluding hydrogens is 895 g/mol. The van der Waals surface area contributed by atoms with Gasteiger partial charge in [0.1, 0.15) is 12.7 Å². The summed E-state index contributed by atoms with van der Waals surface area (Å²) in [5, 5.41) is 11.3. The van der Waals surface area contributed by atoms with Gasteiger partial charge in [-0.1, -0.05) is 59.3 Å². The number of rotatable bonds is 15. The molecular formula is C54H82F2N8O6. The Morgan fingerprint density at radius 1 is 0.914 bits per heavy atom. The van der Waals surface area contributed by atoms with Gasteiger partial charge in [-0.15, -0.1) is 0 Å². The summed E-state index contributed by atoms with van der Waals surface area (Å²) in [6.45, 7) is 22.0. The number of hydrogen-bond donors (Lipinski definition) is 4. The number of nitrogens with one attached hydrogen (secondary N) is 4. The van der Waals surface area contributed by atoms with Gasteiger partial charge in [0, 0.05) is 91.8 Å². The van der Waals surface area contributed by atoms with Gasteiger partial charge in [0.2, 0.25) is 11.8 Å². The van der Waals surface area contributed by atoms with E-state index >= 15 is 8.78 Å². The van der Waals surface area contributed by atoms with E-state index in [1.54, 1.807) is 42.4 Å². The Morgan fingerprint density at radius 3 is 2.33 bits per heavy atom. The molecule has 1 aliphatic carbocycles. The number of fused-ring (bicyclic) bond motifs is 2. The Hall–Kier alpha value is -5.45. The smallest absolute Gasteiger partial charge is 0.264 e. The summed E-state index contributed by atoms with van der Waals surface area (Å²) < 4.78 is 35.7. The first kappa shape index (κ1) is 55.5. The van der Waals surface area contributed by atoms with Crippen LogP contribution in [0.4, 0.5) is 20.2 Å². The zero-order valence-corrected chi connectivity index (χ0v) is 42.9. The van der Waals surface area contributed by atoms with Crippen LogP contribution in [0.1, 0.15) is 153 Å². The molecule has 6 aliphatic rings. The van der Waals surface area contributed by atoms with Gasteiger partial charge >= 0.3 is 0 Å². The molecule has 14 nitrogen and oxygen atoms in total. The third-order valence-electron chi connectivity index (χ3n) is 13.6. The van der Waals surface area contributed by atoms with Gasteiger partial charge in [-0.2, -0.15) is 0 Å². The predicted molar refractivity (Wildman–Crippen MR) is 278 cm³/mol. The fourth-order valence-electron chi connectivity index (χ4n) is 10.2. The van der Waals surface area contributed by atoms with Crippen LogP contribution in [0.3, 0.4) is 0 Å². The quantitative estimate of drug-likeness (QED) is 0.0769. The molecule has 4 amide bonds. The molecule has 2 fully saturated rings. The SMILES string of the molecule is C=C1CCC(N2C(=O)c3ccc(NCCCNC(=O)CN4C=C(c5cc6c(cc5C(F)F)N(C(NC)C5=C(CC7CCOCC7)CCN(C(C)=O)C5)CCC6)CN4)cc3C2=O)C(=O)C1.CC.CC.CC.[HH].[HH]. The van der Waals surface area contributed by atoms with Crippen LogP contribution >= 0.6 is 0 Å². The van der Waals surface area contributed by atoms with E-state index in [0.29, 0.717) is 81.3 Å². The maximum absolute atomic E-state index is 15.0. The summed E-state index contributed by atoms with van der Waals surface area (Å²) in [4.78, 5) is 69.8. The van der Waals surface area contributed by atoms with Gasteiger partial charge in [0.05, 0.1) is 17.2 Å². The number of alkyl halides is 2. The van der Waals surface area contributed by atoms with Crippen molar-refractivity contribution in [3.05, 3.63) is 87.6 Å². The standard InChI is InChI=1S/C48H60F2N8O6.3C2H6.2H2/c1-29-7-10-41(43(60)20-29)58-47(62)36-9-8-35(23-39(36)48(58)63)52-14-5-15-53-44(61)28-56-26-34(25-54-56)37-22-33-6-4-16-57(42(33)24-38(37)45(49)50)46(51-3)40-27-55(30(2)59)17-11-32(40)21-31-12-18-64-19-13-31;3*1-2;;/h8-9,22-24,26,31,41,45-46,51-52,54H,1,4-7,10-21,25,27-28H2,2-3H3,(H,53,61);3*1-2H3;2*1H. The number of ether oxygens (including phenoxy) is 1. The second-order valence-corrected chi connectivity index (χ2v) is 17.9. The van der Waals surface area contributed by atoms with Crippen molar-refractivity contribution in [1.82, 2.24) is 30.9 Å². The number of hydrazine groups is 1. The van der Waals surface area contributed by atoms with Crippen molar-refractivity contribution >= 4 is 46.4 Å². The minimum Gasteiger partial charge on any atom is -0.385 e. The number of halogens is 2.